The maximum Gasteiger partial charge on any atom is 1.00 e. The summed E-state index contributed by atoms with van der Waals surface area (Å²) in [6.45, 7) is 5.89. The number of hydrogen-bond donors (Lipinski definition) is 0. The maximum atomic E-state index is 3.66. The number of rotatable bonds is 5. The lowest BCUT2D eigenvalue weighted by Crippen LogP contribution is -1.71. The second kappa shape index (κ2) is 6.74. The Labute approximate surface area is 54.1 Å². The fraction of sp³-hybridized carbons (Fsp3) is 0.750. The summed E-state index contributed by atoms with van der Waals surface area (Å²) in [5.74, 6) is 0. The largest absolute Gasteiger partial charge is 1.00 e. The fourth-order valence-corrected chi connectivity index (χ4v) is 0.715. The first-order valence-electron chi connectivity index (χ1n) is 3.52. The van der Waals surface area contributed by atoms with E-state index in [1.807, 2.05) is 6.08 Å². The highest BCUT2D eigenvalue weighted by Gasteiger charge is 1.81. The lowest BCUT2D eigenvalue weighted by molar-refractivity contribution is 0.675. The van der Waals surface area contributed by atoms with Crippen LogP contribution in [0.15, 0.2) is 12.7 Å². The molecule has 0 aromatic rings. The van der Waals surface area contributed by atoms with E-state index in [0.717, 1.165) is 0 Å². The summed E-state index contributed by atoms with van der Waals surface area (Å²) in [5.41, 5.74) is 0. The van der Waals surface area contributed by atoms with E-state index in [1.54, 1.807) is 0 Å². The summed E-state index contributed by atoms with van der Waals surface area (Å²) in [6, 6.07) is 0. The number of unbranched alkanes of at least 4 members (excludes halogenated alkanes) is 4. The Balaban J connectivity index is 0. The number of hydrogen-bond acceptors (Lipinski definition) is 0. The second-order valence-electron chi connectivity index (χ2n) is 2.14. The van der Waals surface area contributed by atoms with Crippen LogP contribution < -0.4 is 0 Å². The monoisotopic (exact) mass is 113 g/mol. The smallest absolute Gasteiger partial charge is 0.103 e. The molecule has 0 heteroatoms. The van der Waals surface area contributed by atoms with E-state index >= 15 is 0 Å². The molecule has 0 saturated carbocycles. The molecule has 0 heterocycles. The van der Waals surface area contributed by atoms with Crippen LogP contribution in [0.4, 0.5) is 0 Å². The maximum absolute atomic E-state index is 3.66. The van der Waals surface area contributed by atoms with Crippen molar-refractivity contribution in [1.82, 2.24) is 0 Å². The predicted molar refractivity (Wildman–Crippen MR) is 40.1 cm³/mol. The third-order valence-electron chi connectivity index (χ3n) is 1.26. The molecular formula is C8H17+. The van der Waals surface area contributed by atoms with Crippen LogP contribution in [0.1, 0.15) is 40.5 Å². The van der Waals surface area contributed by atoms with Gasteiger partial charge in [0.15, 0.2) is 0 Å². The molecule has 0 rings (SSSR count). The summed E-state index contributed by atoms with van der Waals surface area (Å²) < 4.78 is 0. The molecule has 0 N–H and O–H groups in total. The first-order chi connectivity index (χ1) is 3.91. The van der Waals surface area contributed by atoms with Gasteiger partial charge in [0.25, 0.3) is 0 Å². The van der Waals surface area contributed by atoms with Crippen LogP contribution in [-0.2, 0) is 0 Å². The Morgan fingerprint density at radius 1 is 1.38 bits per heavy atom. The Morgan fingerprint density at radius 3 is 2.62 bits per heavy atom. The first-order valence-corrected chi connectivity index (χ1v) is 3.52. The lowest BCUT2D eigenvalue weighted by atomic mass is 10.2. The van der Waals surface area contributed by atoms with Crippen molar-refractivity contribution in [1.29, 1.82) is 0 Å². The van der Waals surface area contributed by atoms with Crippen LogP contribution in [0.2, 0.25) is 0 Å². The molecule has 0 aliphatic rings. The molecule has 0 saturated heterocycles. The minimum absolute atomic E-state index is 0. The molecular weight excluding hydrogens is 96.1 g/mol. The fourth-order valence-electron chi connectivity index (χ4n) is 0.715. The molecule has 0 bridgehead atoms. The van der Waals surface area contributed by atoms with Gasteiger partial charge < -0.3 is 0 Å². The molecule has 0 unspecified atom stereocenters. The summed E-state index contributed by atoms with van der Waals surface area (Å²) in [7, 11) is 0. The van der Waals surface area contributed by atoms with Gasteiger partial charge in [-0.2, -0.15) is 0 Å². The Hall–Kier alpha value is -0.260. The minimum Gasteiger partial charge on any atom is -0.103 e. The molecule has 0 radical (unpaired) electrons. The van der Waals surface area contributed by atoms with Crippen molar-refractivity contribution in [3.8, 4) is 0 Å². The second-order valence-corrected chi connectivity index (χ2v) is 2.14. The molecule has 0 nitrogen and oxygen atoms in total. The zero-order chi connectivity index (χ0) is 6.24. The van der Waals surface area contributed by atoms with Crippen LogP contribution in [-0.4, -0.2) is 0 Å². The van der Waals surface area contributed by atoms with Crippen molar-refractivity contribution < 1.29 is 1.43 Å². The molecule has 0 atom stereocenters. The Kier molecular flexibility index (Phi) is 6.52. The van der Waals surface area contributed by atoms with Gasteiger partial charge in [0, 0.05) is 0 Å². The summed E-state index contributed by atoms with van der Waals surface area (Å²) in [4.78, 5) is 0. The topological polar surface area (TPSA) is 0 Å². The SMILES string of the molecule is C=CCCCCCC.[H+]. The number of allylic oxidation sites excluding steroid dienone is 1. The molecule has 0 fully saturated rings. The van der Waals surface area contributed by atoms with Gasteiger partial charge >= 0.3 is 1.43 Å². The van der Waals surface area contributed by atoms with Gasteiger partial charge in [0.1, 0.15) is 0 Å². The zero-order valence-corrected chi connectivity index (χ0v) is 5.82. The van der Waals surface area contributed by atoms with Crippen LogP contribution in [0.5, 0.6) is 0 Å². The highest BCUT2D eigenvalue weighted by atomic mass is 13.9. The van der Waals surface area contributed by atoms with E-state index < -0.39 is 0 Å². The molecule has 0 aromatic heterocycles. The third kappa shape index (κ3) is 5.74. The van der Waals surface area contributed by atoms with Crippen molar-refractivity contribution >= 4 is 0 Å². The average Bonchev–Trinajstić information content (AvgIpc) is 1.81. The normalized spacial score (nSPS) is 9.12. The van der Waals surface area contributed by atoms with Gasteiger partial charge in [-0.3, -0.25) is 0 Å². The van der Waals surface area contributed by atoms with Gasteiger partial charge in [0.2, 0.25) is 0 Å². The summed E-state index contributed by atoms with van der Waals surface area (Å²) in [5, 5.41) is 0. The highest BCUT2D eigenvalue weighted by Crippen LogP contribution is 2.01. The van der Waals surface area contributed by atoms with Crippen LogP contribution >= 0.6 is 0 Å². The van der Waals surface area contributed by atoms with Gasteiger partial charge in [0.05, 0.1) is 0 Å². The van der Waals surface area contributed by atoms with Gasteiger partial charge in [-0.1, -0.05) is 32.3 Å². The standard InChI is InChI=1S/C8H16/c1-3-5-7-8-6-4-2/h3H,1,4-8H2,2H3/p+1. The van der Waals surface area contributed by atoms with Gasteiger partial charge in [-0.15, -0.1) is 6.58 Å². The van der Waals surface area contributed by atoms with E-state index in [-0.39, 0.29) is 1.43 Å². The zero-order valence-electron chi connectivity index (χ0n) is 6.82. The van der Waals surface area contributed by atoms with E-state index in [2.05, 4.69) is 13.5 Å². The van der Waals surface area contributed by atoms with E-state index in [9.17, 15) is 0 Å². The Bertz CT molecular complexity index is 50.5. The predicted octanol–water partition coefficient (Wildman–Crippen LogP) is 3.26. The molecule has 0 amide bonds. The quantitative estimate of drug-likeness (QED) is 0.379. The molecule has 48 valence electrons. The highest BCUT2D eigenvalue weighted by molar-refractivity contribution is 4.64. The lowest BCUT2D eigenvalue weighted by Gasteiger charge is -1.91. The van der Waals surface area contributed by atoms with Crippen molar-refractivity contribution in [2.24, 2.45) is 0 Å². The molecule has 0 aliphatic carbocycles. The van der Waals surface area contributed by atoms with Crippen molar-refractivity contribution in [3.05, 3.63) is 12.7 Å². The summed E-state index contributed by atoms with van der Waals surface area (Å²) >= 11 is 0. The van der Waals surface area contributed by atoms with Crippen molar-refractivity contribution in [2.45, 2.75) is 39.0 Å². The molecule has 8 heavy (non-hydrogen) atoms. The van der Waals surface area contributed by atoms with E-state index in [0.29, 0.717) is 0 Å². The summed E-state index contributed by atoms with van der Waals surface area (Å²) in [6.07, 6.45) is 8.61. The molecule has 0 aliphatic heterocycles. The third-order valence-corrected chi connectivity index (χ3v) is 1.26. The van der Waals surface area contributed by atoms with Crippen molar-refractivity contribution in [2.75, 3.05) is 0 Å². The molecule has 0 aromatic carbocycles. The van der Waals surface area contributed by atoms with E-state index in [1.165, 1.54) is 32.1 Å². The average molecular weight is 113 g/mol. The van der Waals surface area contributed by atoms with Crippen LogP contribution in [0, 0.1) is 0 Å². The minimum atomic E-state index is 0. The van der Waals surface area contributed by atoms with Crippen LogP contribution in [0.25, 0.3) is 0 Å². The van der Waals surface area contributed by atoms with Crippen molar-refractivity contribution in [3.63, 3.8) is 0 Å². The molecule has 0 spiro atoms. The van der Waals surface area contributed by atoms with Crippen LogP contribution in [0.3, 0.4) is 0 Å². The van der Waals surface area contributed by atoms with Gasteiger partial charge in [-0.25, -0.2) is 0 Å². The van der Waals surface area contributed by atoms with E-state index in [4.69, 9.17) is 0 Å². The first kappa shape index (κ1) is 7.74. The Morgan fingerprint density at radius 2 is 2.12 bits per heavy atom. The van der Waals surface area contributed by atoms with Gasteiger partial charge in [-0.05, 0) is 12.8 Å².